The zero-order valence-electron chi connectivity index (χ0n) is 54.1. The van der Waals surface area contributed by atoms with Gasteiger partial charge in [-0.25, -0.2) is 4.68 Å². The topological polar surface area (TPSA) is 248 Å². The average Bonchev–Trinajstić information content (AvgIpc) is 0.904. The molecule has 0 saturated carbocycles. The molecule has 0 bridgehead atoms. The Morgan fingerprint density at radius 2 is 0.630 bits per heavy atom. The van der Waals surface area contributed by atoms with Crippen LogP contribution in [0.2, 0.25) is 0 Å². The first kappa shape index (κ1) is 93.8. The molecule has 0 aromatic carbocycles. The third kappa shape index (κ3) is 36.0. The molecule has 4 unspecified atom stereocenters. The van der Waals surface area contributed by atoms with E-state index in [4.69, 9.17) is 71.1 Å². The van der Waals surface area contributed by atoms with Crippen LogP contribution in [0.15, 0.2) is 6.20 Å². The standard InChI is InChI=1S/C54H80F21N3O21S/c1-37(30-94-34-46(55,56)49(61,62)52(67,68)69)97-43(79)41(44(80)98-38(2)31-95-35-47(57,58)50(63,64)53(70,71)72)42(45(81)99-39(3)32-96-36-48(59,60)51(65,66)54(73,74)75)100-33-40-29-78(77-76-40)5-6-83-9-10-85-13-14-87-17-18-89-21-22-91-25-26-93-28-27-92-24-23-90-20-19-88-16-15-86-12-11-84-8-7-82-4/h29,37-39,41-42H,5-28,30-36H2,1-4H3. The second kappa shape index (κ2) is 47.3. The maximum absolute atomic E-state index is 14.0. The Bertz CT molecular complexity index is 2300. The lowest BCUT2D eigenvalue weighted by atomic mass is 10.1. The van der Waals surface area contributed by atoms with E-state index in [-0.39, 0.29) is 70.2 Å². The first-order valence-corrected chi connectivity index (χ1v) is 30.8. The molecule has 1 heterocycles. The molecule has 46 heteroatoms. The molecule has 0 aliphatic carbocycles. The number of methoxy groups -OCH3 is 1. The number of rotatable bonds is 61. The average molecular weight is 1540 g/mol. The number of halogens is 21. The molecular formula is C54H80F21N3O21S. The van der Waals surface area contributed by atoms with Crippen molar-refractivity contribution < 1.29 is 192 Å². The lowest BCUT2D eigenvalue weighted by molar-refractivity contribution is -0.362. The number of thioether (sulfide) groups is 1. The van der Waals surface area contributed by atoms with Gasteiger partial charge >= 0.3 is 72.0 Å². The Hall–Kier alpha value is -4.17. The van der Waals surface area contributed by atoms with Crippen molar-refractivity contribution in [1.82, 2.24) is 15.0 Å². The molecule has 0 radical (unpaired) electrons. The molecule has 24 nitrogen and oxygen atoms in total. The van der Waals surface area contributed by atoms with E-state index in [1.807, 2.05) is 0 Å². The predicted molar refractivity (Wildman–Crippen MR) is 296 cm³/mol. The van der Waals surface area contributed by atoms with Gasteiger partial charge in [-0.3, -0.25) is 14.4 Å². The summed E-state index contributed by atoms with van der Waals surface area (Å²) in [7, 11) is 1.60. The number of alkyl halides is 21. The Labute approximate surface area is 562 Å². The van der Waals surface area contributed by atoms with Crippen LogP contribution in [-0.2, 0) is 112 Å². The second-order valence-electron chi connectivity index (χ2n) is 20.5. The lowest BCUT2D eigenvalue weighted by Gasteiger charge is -2.29. The summed E-state index contributed by atoms with van der Waals surface area (Å²) in [4.78, 5) is 41.5. The summed E-state index contributed by atoms with van der Waals surface area (Å²) in [5, 5.41) is 5.04. The third-order valence-electron chi connectivity index (χ3n) is 12.0. The molecule has 0 fully saturated rings. The van der Waals surface area contributed by atoms with Crippen molar-refractivity contribution >= 4 is 29.7 Å². The van der Waals surface area contributed by atoms with Crippen molar-refractivity contribution in [3.05, 3.63) is 11.9 Å². The summed E-state index contributed by atoms with van der Waals surface area (Å²) in [5.74, 6) is -47.8. The zero-order chi connectivity index (χ0) is 75.8. The lowest BCUT2D eigenvalue weighted by Crippen LogP contribution is -2.54. The van der Waals surface area contributed by atoms with Crippen LogP contribution in [-0.4, -0.2) is 309 Å². The fraction of sp³-hybridized carbons (Fsp3) is 0.907. The number of carbonyl (C=O) groups excluding carboxylic acids is 3. The van der Waals surface area contributed by atoms with Crippen LogP contribution < -0.4 is 0 Å². The summed E-state index contributed by atoms with van der Waals surface area (Å²) < 4.78 is 372. The molecule has 1 aromatic rings. The van der Waals surface area contributed by atoms with E-state index in [9.17, 15) is 107 Å². The number of nitrogens with zero attached hydrogens (tertiary/aromatic N) is 3. The minimum Gasteiger partial charge on any atom is -0.460 e. The quantitative estimate of drug-likeness (QED) is 0.0199. The first-order chi connectivity index (χ1) is 46.6. The summed E-state index contributed by atoms with van der Waals surface area (Å²) in [6.45, 7) is -3.38. The highest BCUT2D eigenvalue weighted by molar-refractivity contribution is 7.99. The summed E-state index contributed by atoms with van der Waals surface area (Å²) >= 11 is 0.0978. The first-order valence-electron chi connectivity index (χ1n) is 29.8. The Morgan fingerprint density at radius 3 is 0.890 bits per heavy atom. The zero-order valence-corrected chi connectivity index (χ0v) is 55.0. The predicted octanol–water partition coefficient (Wildman–Crippen LogP) is 7.67. The fourth-order valence-electron chi connectivity index (χ4n) is 6.80. The van der Waals surface area contributed by atoms with Gasteiger partial charge in [0.25, 0.3) is 0 Å². The van der Waals surface area contributed by atoms with Crippen molar-refractivity contribution in [2.75, 3.05) is 199 Å². The van der Waals surface area contributed by atoms with Crippen LogP contribution in [0.25, 0.3) is 0 Å². The van der Waals surface area contributed by atoms with E-state index < -0.39 is 147 Å². The molecule has 1 aromatic heterocycles. The normalized spacial score (nSPS) is 14.8. The van der Waals surface area contributed by atoms with Gasteiger partial charge in [0.15, 0.2) is 5.92 Å². The highest BCUT2D eigenvalue weighted by Crippen LogP contribution is 2.49. The van der Waals surface area contributed by atoms with Gasteiger partial charge in [0, 0.05) is 19.1 Å². The van der Waals surface area contributed by atoms with Gasteiger partial charge in [0.05, 0.1) is 184 Å². The van der Waals surface area contributed by atoms with E-state index in [0.29, 0.717) is 126 Å². The van der Waals surface area contributed by atoms with Gasteiger partial charge in [-0.2, -0.15) is 92.2 Å². The van der Waals surface area contributed by atoms with E-state index in [1.54, 1.807) is 7.11 Å². The SMILES string of the molecule is COCCOCCOCCOCCOCCOCCOCCOCCOCCOCCOCCOCCn1cc(CSC(C(=O)OC(C)COCC(F)(F)C(F)(F)C(F)(F)F)C(C(=O)OC(C)COCC(F)(F)C(F)(F)C(F)(F)F)C(=O)OC(C)COCC(F)(F)C(F)(F)C(F)(F)F)nn1. The molecule has 0 amide bonds. The van der Waals surface area contributed by atoms with Crippen LogP contribution in [0.3, 0.4) is 0 Å². The molecule has 0 saturated heterocycles. The molecule has 0 spiro atoms. The minimum absolute atomic E-state index is 0.0255. The largest absolute Gasteiger partial charge is 0.460 e. The van der Waals surface area contributed by atoms with Gasteiger partial charge in [0.2, 0.25) is 0 Å². The van der Waals surface area contributed by atoms with Gasteiger partial charge in [0.1, 0.15) is 43.4 Å². The highest BCUT2D eigenvalue weighted by Gasteiger charge is 2.75. The van der Waals surface area contributed by atoms with E-state index in [0.717, 1.165) is 10.9 Å². The van der Waals surface area contributed by atoms with Gasteiger partial charge in [-0.15, -0.1) is 16.9 Å². The molecular weight excluding hydrogens is 1460 g/mol. The molecule has 4 atom stereocenters. The van der Waals surface area contributed by atoms with Crippen LogP contribution >= 0.6 is 11.8 Å². The number of esters is 3. The molecule has 0 aliphatic rings. The van der Waals surface area contributed by atoms with Gasteiger partial charge in [-0.1, -0.05) is 5.21 Å². The van der Waals surface area contributed by atoms with Crippen molar-refractivity contribution in [2.45, 2.75) is 111 Å². The molecule has 0 aliphatic heterocycles. The highest BCUT2D eigenvalue weighted by atomic mass is 32.2. The maximum atomic E-state index is 14.0. The van der Waals surface area contributed by atoms with Crippen LogP contribution in [0.1, 0.15) is 26.5 Å². The molecule has 100 heavy (non-hydrogen) atoms. The number of aromatic nitrogens is 3. The Morgan fingerprint density at radius 1 is 0.380 bits per heavy atom. The smallest absolute Gasteiger partial charge is 0.459 e. The van der Waals surface area contributed by atoms with Gasteiger partial charge in [-0.05, 0) is 20.8 Å². The van der Waals surface area contributed by atoms with Crippen LogP contribution in [0, 0.1) is 5.92 Å². The Balaban J connectivity index is 2.84. The summed E-state index contributed by atoms with van der Waals surface area (Å²) in [6, 6.07) is 0. The maximum Gasteiger partial charge on any atom is 0.459 e. The second-order valence-corrected chi connectivity index (χ2v) is 21.7. The van der Waals surface area contributed by atoms with E-state index in [2.05, 4.69) is 24.5 Å². The Kier molecular flexibility index (Phi) is 44.4. The number of ether oxygens (including phenoxy) is 18. The molecule has 1 rings (SSSR count). The monoisotopic (exact) mass is 1540 g/mol. The minimum atomic E-state index is -6.83. The molecule has 0 N–H and O–H groups in total. The van der Waals surface area contributed by atoms with Crippen LogP contribution in [0.4, 0.5) is 92.2 Å². The van der Waals surface area contributed by atoms with Gasteiger partial charge < -0.3 is 85.3 Å². The number of hydrogen-bond acceptors (Lipinski definition) is 24. The number of carbonyl (C=O) groups is 3. The molecule has 590 valence electrons. The third-order valence-corrected chi connectivity index (χ3v) is 13.2. The van der Waals surface area contributed by atoms with Crippen molar-refractivity contribution in [2.24, 2.45) is 5.92 Å². The van der Waals surface area contributed by atoms with E-state index >= 15 is 0 Å². The van der Waals surface area contributed by atoms with Crippen molar-refractivity contribution in [3.63, 3.8) is 0 Å². The summed E-state index contributed by atoms with van der Waals surface area (Å²) in [6.07, 6.45) is -25.6. The number of hydrogen-bond donors (Lipinski definition) is 0. The summed E-state index contributed by atoms with van der Waals surface area (Å²) in [5.41, 5.74) is -0.182. The fourth-order valence-corrected chi connectivity index (χ4v) is 7.89. The van der Waals surface area contributed by atoms with Crippen molar-refractivity contribution in [3.8, 4) is 0 Å². The van der Waals surface area contributed by atoms with E-state index in [1.165, 1.54) is 0 Å². The van der Waals surface area contributed by atoms with Crippen LogP contribution in [0.5, 0.6) is 0 Å². The van der Waals surface area contributed by atoms with Crippen molar-refractivity contribution in [1.29, 1.82) is 0 Å².